The number of halogens is 1. The second-order valence-corrected chi connectivity index (χ2v) is 6.38. The summed E-state index contributed by atoms with van der Waals surface area (Å²) in [6.07, 6.45) is 1.97. The fraction of sp³-hybridized carbons (Fsp3) is 0.211. The molecule has 0 spiro atoms. The highest BCUT2D eigenvalue weighted by molar-refractivity contribution is 6.30. The lowest BCUT2D eigenvalue weighted by Crippen LogP contribution is -2.03. The SMILES string of the molecule is CC(C)Cn1cc(C(=O)c2ccc(Cl)cc2)c2ccccc21. The van der Waals surface area contributed by atoms with Crippen LogP contribution < -0.4 is 0 Å². The van der Waals surface area contributed by atoms with E-state index in [1.165, 1.54) is 0 Å². The second-order valence-electron chi connectivity index (χ2n) is 5.94. The molecule has 3 rings (SSSR count). The number of fused-ring (bicyclic) bond motifs is 1. The van der Waals surface area contributed by atoms with E-state index >= 15 is 0 Å². The van der Waals surface area contributed by atoms with Crippen LogP contribution in [0.4, 0.5) is 0 Å². The molecule has 1 heterocycles. The third kappa shape index (κ3) is 2.79. The third-order valence-corrected chi connectivity index (χ3v) is 3.95. The topological polar surface area (TPSA) is 22.0 Å². The van der Waals surface area contributed by atoms with Crippen LogP contribution in [0.25, 0.3) is 10.9 Å². The molecule has 22 heavy (non-hydrogen) atoms. The van der Waals surface area contributed by atoms with Gasteiger partial charge >= 0.3 is 0 Å². The van der Waals surface area contributed by atoms with Gasteiger partial charge in [-0.2, -0.15) is 0 Å². The monoisotopic (exact) mass is 311 g/mol. The van der Waals surface area contributed by atoms with Gasteiger partial charge < -0.3 is 4.57 Å². The molecule has 3 heteroatoms. The van der Waals surface area contributed by atoms with Crippen molar-refractivity contribution in [1.82, 2.24) is 4.57 Å². The van der Waals surface area contributed by atoms with Crippen LogP contribution in [0.2, 0.25) is 5.02 Å². The lowest BCUT2D eigenvalue weighted by molar-refractivity contribution is 0.104. The standard InChI is InChI=1S/C19H18ClNO/c1-13(2)11-21-12-17(16-5-3-4-6-18(16)21)19(22)14-7-9-15(20)10-8-14/h3-10,12-13H,11H2,1-2H3. The van der Waals surface area contributed by atoms with Crippen LogP contribution in [0.15, 0.2) is 54.7 Å². The van der Waals surface area contributed by atoms with Gasteiger partial charge in [0.2, 0.25) is 0 Å². The molecule has 0 atom stereocenters. The highest BCUT2D eigenvalue weighted by atomic mass is 35.5. The zero-order valence-electron chi connectivity index (χ0n) is 12.7. The molecule has 0 aliphatic heterocycles. The first-order valence-corrected chi connectivity index (χ1v) is 7.82. The predicted octanol–water partition coefficient (Wildman–Crippen LogP) is 5.18. The van der Waals surface area contributed by atoms with Crippen molar-refractivity contribution in [2.24, 2.45) is 5.92 Å². The Kier molecular flexibility index (Phi) is 4.04. The van der Waals surface area contributed by atoms with Gasteiger partial charge in [0.25, 0.3) is 0 Å². The molecule has 112 valence electrons. The fourth-order valence-electron chi connectivity index (χ4n) is 2.73. The van der Waals surface area contributed by atoms with Crippen molar-refractivity contribution in [3.05, 3.63) is 70.9 Å². The van der Waals surface area contributed by atoms with Gasteiger partial charge in [-0.1, -0.05) is 43.6 Å². The van der Waals surface area contributed by atoms with Crippen molar-refractivity contribution in [2.45, 2.75) is 20.4 Å². The van der Waals surface area contributed by atoms with Crippen LogP contribution in [0.1, 0.15) is 29.8 Å². The van der Waals surface area contributed by atoms with Crippen LogP contribution in [-0.2, 0) is 6.54 Å². The number of hydrogen-bond acceptors (Lipinski definition) is 1. The molecule has 2 nitrogen and oxygen atoms in total. The van der Waals surface area contributed by atoms with Crippen LogP contribution in [0, 0.1) is 5.92 Å². The fourth-order valence-corrected chi connectivity index (χ4v) is 2.85. The summed E-state index contributed by atoms with van der Waals surface area (Å²) < 4.78 is 2.17. The number of benzene rings is 2. The lowest BCUT2D eigenvalue weighted by atomic mass is 10.0. The molecular weight excluding hydrogens is 294 g/mol. The summed E-state index contributed by atoms with van der Waals surface area (Å²) in [6.45, 7) is 5.25. The molecule has 0 saturated carbocycles. The van der Waals surface area contributed by atoms with Crippen LogP contribution in [-0.4, -0.2) is 10.4 Å². The number of carbonyl (C=O) groups is 1. The van der Waals surface area contributed by atoms with E-state index in [1.54, 1.807) is 24.3 Å². The number of para-hydroxylation sites is 1. The number of hydrogen-bond donors (Lipinski definition) is 0. The number of ketones is 1. The van der Waals surface area contributed by atoms with Crippen molar-refractivity contribution in [3.8, 4) is 0 Å². The molecular formula is C19H18ClNO. The summed E-state index contributed by atoms with van der Waals surface area (Å²) >= 11 is 5.90. The minimum absolute atomic E-state index is 0.0374. The molecule has 0 saturated heterocycles. The van der Waals surface area contributed by atoms with Gasteiger partial charge in [0, 0.05) is 39.8 Å². The van der Waals surface area contributed by atoms with Gasteiger partial charge in [0.1, 0.15) is 0 Å². The van der Waals surface area contributed by atoms with Crippen molar-refractivity contribution in [3.63, 3.8) is 0 Å². The van der Waals surface area contributed by atoms with E-state index in [-0.39, 0.29) is 5.78 Å². The third-order valence-electron chi connectivity index (χ3n) is 3.70. The van der Waals surface area contributed by atoms with Crippen molar-refractivity contribution < 1.29 is 4.79 Å². The van der Waals surface area contributed by atoms with Gasteiger partial charge in [-0.25, -0.2) is 0 Å². The van der Waals surface area contributed by atoms with E-state index < -0.39 is 0 Å². The summed E-state index contributed by atoms with van der Waals surface area (Å²) in [5, 5.41) is 1.64. The summed E-state index contributed by atoms with van der Waals surface area (Å²) in [5.74, 6) is 0.560. The van der Waals surface area contributed by atoms with Crippen molar-refractivity contribution in [2.75, 3.05) is 0 Å². The van der Waals surface area contributed by atoms with Crippen molar-refractivity contribution in [1.29, 1.82) is 0 Å². The van der Waals surface area contributed by atoms with E-state index in [1.807, 2.05) is 24.4 Å². The highest BCUT2D eigenvalue weighted by Gasteiger charge is 2.16. The molecule has 0 N–H and O–H groups in total. The second kappa shape index (κ2) is 5.98. The minimum Gasteiger partial charge on any atom is -0.346 e. The van der Waals surface area contributed by atoms with Gasteiger partial charge in [-0.3, -0.25) is 4.79 Å². The Labute approximate surface area is 135 Å². The number of rotatable bonds is 4. The van der Waals surface area contributed by atoms with Gasteiger partial charge in [-0.05, 0) is 36.2 Å². The number of aromatic nitrogens is 1. The first-order valence-electron chi connectivity index (χ1n) is 7.44. The highest BCUT2D eigenvalue weighted by Crippen LogP contribution is 2.25. The zero-order chi connectivity index (χ0) is 15.7. The zero-order valence-corrected chi connectivity index (χ0v) is 13.5. The number of nitrogens with zero attached hydrogens (tertiary/aromatic N) is 1. The average molecular weight is 312 g/mol. The van der Waals surface area contributed by atoms with E-state index in [2.05, 4.69) is 24.5 Å². The molecule has 3 aromatic rings. The van der Waals surface area contributed by atoms with Gasteiger partial charge in [-0.15, -0.1) is 0 Å². The molecule has 0 aliphatic rings. The maximum Gasteiger partial charge on any atom is 0.195 e. The van der Waals surface area contributed by atoms with E-state index in [9.17, 15) is 4.79 Å². The first kappa shape index (κ1) is 14.9. The Balaban J connectivity index is 2.10. The Hall–Kier alpha value is -2.06. The van der Waals surface area contributed by atoms with E-state index in [4.69, 9.17) is 11.6 Å². The quantitative estimate of drug-likeness (QED) is 0.608. The maximum atomic E-state index is 12.8. The summed E-state index contributed by atoms with van der Waals surface area (Å²) in [4.78, 5) is 12.8. The molecule has 1 aromatic heterocycles. The molecule has 0 radical (unpaired) electrons. The maximum absolute atomic E-state index is 12.8. The normalized spacial score (nSPS) is 11.3. The molecule has 0 aliphatic carbocycles. The summed E-state index contributed by atoms with van der Waals surface area (Å²) in [6, 6.07) is 15.1. The minimum atomic E-state index is 0.0374. The summed E-state index contributed by atoms with van der Waals surface area (Å²) in [7, 11) is 0. The lowest BCUT2D eigenvalue weighted by Gasteiger charge is -2.07. The molecule has 0 amide bonds. The van der Waals surface area contributed by atoms with Crippen LogP contribution >= 0.6 is 11.6 Å². The van der Waals surface area contributed by atoms with Crippen LogP contribution in [0.3, 0.4) is 0 Å². The summed E-state index contributed by atoms with van der Waals surface area (Å²) in [5.41, 5.74) is 2.52. The molecule has 0 unspecified atom stereocenters. The Morgan fingerprint density at radius 2 is 1.77 bits per heavy atom. The Morgan fingerprint density at radius 3 is 2.45 bits per heavy atom. The molecule has 2 aromatic carbocycles. The smallest absolute Gasteiger partial charge is 0.195 e. The molecule has 0 bridgehead atoms. The molecule has 0 fully saturated rings. The Morgan fingerprint density at radius 1 is 1.09 bits per heavy atom. The predicted molar refractivity (Wildman–Crippen MR) is 91.7 cm³/mol. The Bertz CT molecular complexity index is 815. The van der Waals surface area contributed by atoms with Crippen LogP contribution in [0.5, 0.6) is 0 Å². The van der Waals surface area contributed by atoms with Gasteiger partial charge in [0.15, 0.2) is 5.78 Å². The average Bonchev–Trinajstić information content (AvgIpc) is 2.86. The number of carbonyl (C=O) groups excluding carboxylic acids is 1. The van der Waals surface area contributed by atoms with E-state index in [0.717, 1.165) is 23.0 Å². The van der Waals surface area contributed by atoms with Crippen molar-refractivity contribution >= 4 is 28.3 Å². The largest absolute Gasteiger partial charge is 0.346 e. The first-order chi connectivity index (χ1) is 10.6. The van der Waals surface area contributed by atoms with E-state index in [0.29, 0.717) is 16.5 Å². The van der Waals surface area contributed by atoms with Gasteiger partial charge in [0.05, 0.1) is 0 Å².